The molecule has 0 N–H and O–H groups in total. The molecule has 3 heteroatoms. The Morgan fingerprint density at radius 1 is 1.30 bits per heavy atom. The summed E-state index contributed by atoms with van der Waals surface area (Å²) in [4.78, 5) is 14.1. The third-order valence-electron chi connectivity index (χ3n) is 1.15. The third kappa shape index (κ3) is 5.72. The molecule has 0 aromatic carbocycles. The highest BCUT2D eigenvalue weighted by molar-refractivity contribution is 5.49. The number of hydrogen-bond acceptors (Lipinski definition) is 3. The van der Waals surface area contributed by atoms with Crippen LogP contribution in [0.3, 0.4) is 0 Å². The fraction of sp³-hybridized carbons (Fsp3) is 0.857. The van der Waals surface area contributed by atoms with Gasteiger partial charge in [0.2, 0.25) is 0 Å². The fourth-order valence-corrected chi connectivity index (χ4v) is 0.827. The van der Waals surface area contributed by atoms with Crippen molar-refractivity contribution in [1.29, 1.82) is 0 Å². The van der Waals surface area contributed by atoms with Gasteiger partial charge in [0.05, 0.1) is 0 Å². The van der Waals surface area contributed by atoms with Crippen LogP contribution in [-0.4, -0.2) is 50.4 Å². The Hall–Kier alpha value is -0.410. The van der Waals surface area contributed by atoms with E-state index in [2.05, 4.69) is 9.80 Å². The van der Waals surface area contributed by atoms with Gasteiger partial charge in [-0.05, 0) is 21.1 Å². The van der Waals surface area contributed by atoms with E-state index >= 15 is 0 Å². The SMILES string of the molecule is CN(C)CN(C)CCC=O. The maximum atomic E-state index is 9.95. The van der Waals surface area contributed by atoms with E-state index in [1.165, 1.54) is 0 Å². The van der Waals surface area contributed by atoms with Crippen LogP contribution in [0.4, 0.5) is 0 Å². The van der Waals surface area contributed by atoms with Crippen LogP contribution in [0.25, 0.3) is 0 Å². The van der Waals surface area contributed by atoms with Crippen molar-refractivity contribution in [3.8, 4) is 0 Å². The highest BCUT2D eigenvalue weighted by atomic mass is 16.1. The van der Waals surface area contributed by atoms with Gasteiger partial charge >= 0.3 is 0 Å². The topological polar surface area (TPSA) is 23.6 Å². The van der Waals surface area contributed by atoms with Crippen molar-refractivity contribution in [3.05, 3.63) is 0 Å². The molecule has 0 heterocycles. The standard InChI is InChI=1S/C7H16N2O/c1-8(2)7-9(3)5-4-6-10/h6H,4-5,7H2,1-3H3. The molecule has 0 unspecified atom stereocenters. The van der Waals surface area contributed by atoms with Gasteiger partial charge in [0.1, 0.15) is 6.29 Å². The summed E-state index contributed by atoms with van der Waals surface area (Å²) in [6, 6.07) is 0. The molecule has 0 saturated carbocycles. The number of aldehydes is 1. The minimum absolute atomic E-state index is 0.629. The summed E-state index contributed by atoms with van der Waals surface area (Å²) < 4.78 is 0. The lowest BCUT2D eigenvalue weighted by Crippen LogP contribution is -2.31. The second kappa shape index (κ2) is 5.38. The summed E-state index contributed by atoms with van der Waals surface area (Å²) in [6.45, 7) is 1.76. The molecule has 0 fully saturated rings. The van der Waals surface area contributed by atoms with Crippen molar-refractivity contribution in [2.45, 2.75) is 6.42 Å². The number of hydrogen-bond donors (Lipinski definition) is 0. The van der Waals surface area contributed by atoms with Crippen LogP contribution in [0.5, 0.6) is 0 Å². The molecule has 0 aliphatic heterocycles. The zero-order valence-corrected chi connectivity index (χ0v) is 7.00. The van der Waals surface area contributed by atoms with Crippen molar-refractivity contribution in [1.82, 2.24) is 9.80 Å². The average molecular weight is 144 g/mol. The number of rotatable bonds is 5. The van der Waals surface area contributed by atoms with Gasteiger partial charge < -0.3 is 4.79 Å². The highest BCUT2D eigenvalue weighted by Crippen LogP contribution is 1.85. The third-order valence-corrected chi connectivity index (χ3v) is 1.15. The summed E-state index contributed by atoms with van der Waals surface area (Å²) in [5.74, 6) is 0. The molecule has 0 aliphatic rings. The van der Waals surface area contributed by atoms with Crippen molar-refractivity contribution in [2.75, 3.05) is 34.4 Å². The number of carbonyl (C=O) groups is 1. The number of carbonyl (C=O) groups excluding carboxylic acids is 1. The molecular formula is C7H16N2O. The second-order valence-electron chi connectivity index (χ2n) is 2.76. The van der Waals surface area contributed by atoms with Gasteiger partial charge in [0, 0.05) is 19.6 Å². The van der Waals surface area contributed by atoms with E-state index in [-0.39, 0.29) is 0 Å². The minimum atomic E-state index is 0.629. The minimum Gasteiger partial charge on any atom is -0.303 e. The van der Waals surface area contributed by atoms with Crippen LogP contribution in [0, 0.1) is 0 Å². The van der Waals surface area contributed by atoms with Gasteiger partial charge in [-0.2, -0.15) is 0 Å². The van der Waals surface area contributed by atoms with Crippen molar-refractivity contribution in [3.63, 3.8) is 0 Å². The average Bonchev–Trinajstić information content (AvgIpc) is 1.82. The lowest BCUT2D eigenvalue weighted by Gasteiger charge is -2.19. The summed E-state index contributed by atoms with van der Waals surface area (Å²) in [6.07, 6.45) is 1.58. The van der Waals surface area contributed by atoms with Gasteiger partial charge in [0.15, 0.2) is 0 Å². The summed E-state index contributed by atoms with van der Waals surface area (Å²) in [5, 5.41) is 0. The molecule has 0 atom stereocenters. The Labute approximate surface area is 62.6 Å². The first-order valence-corrected chi connectivity index (χ1v) is 3.43. The Balaban J connectivity index is 3.24. The van der Waals surface area contributed by atoms with E-state index in [1.807, 2.05) is 21.1 Å². The first-order valence-electron chi connectivity index (χ1n) is 3.43. The predicted octanol–water partition coefficient (Wildman–Crippen LogP) is 0.0263. The molecular weight excluding hydrogens is 128 g/mol. The molecule has 0 amide bonds. The van der Waals surface area contributed by atoms with E-state index in [4.69, 9.17) is 0 Å². The van der Waals surface area contributed by atoms with Crippen LogP contribution in [0.15, 0.2) is 0 Å². The normalized spacial score (nSPS) is 10.9. The van der Waals surface area contributed by atoms with Gasteiger partial charge in [-0.25, -0.2) is 0 Å². The van der Waals surface area contributed by atoms with Crippen LogP contribution in [0.1, 0.15) is 6.42 Å². The molecule has 3 nitrogen and oxygen atoms in total. The first kappa shape index (κ1) is 9.59. The van der Waals surface area contributed by atoms with E-state index in [0.29, 0.717) is 6.42 Å². The Morgan fingerprint density at radius 3 is 2.30 bits per heavy atom. The molecule has 0 radical (unpaired) electrons. The Kier molecular flexibility index (Phi) is 5.16. The van der Waals surface area contributed by atoms with Gasteiger partial charge in [-0.1, -0.05) is 0 Å². The van der Waals surface area contributed by atoms with Crippen LogP contribution < -0.4 is 0 Å². The Morgan fingerprint density at radius 2 is 1.90 bits per heavy atom. The van der Waals surface area contributed by atoms with E-state index in [1.54, 1.807) is 0 Å². The van der Waals surface area contributed by atoms with Gasteiger partial charge in [-0.3, -0.25) is 9.80 Å². The second-order valence-corrected chi connectivity index (χ2v) is 2.76. The molecule has 10 heavy (non-hydrogen) atoms. The smallest absolute Gasteiger partial charge is 0.121 e. The molecule has 0 saturated heterocycles. The van der Waals surface area contributed by atoms with Crippen molar-refractivity contribution < 1.29 is 4.79 Å². The van der Waals surface area contributed by atoms with Crippen molar-refractivity contribution >= 4 is 6.29 Å². The van der Waals surface area contributed by atoms with Crippen LogP contribution in [-0.2, 0) is 4.79 Å². The van der Waals surface area contributed by atoms with Crippen molar-refractivity contribution in [2.24, 2.45) is 0 Å². The Bertz CT molecular complexity index is 93.6. The van der Waals surface area contributed by atoms with E-state index in [9.17, 15) is 4.79 Å². The monoisotopic (exact) mass is 144 g/mol. The molecule has 0 spiro atoms. The molecule has 0 aromatic heterocycles. The largest absolute Gasteiger partial charge is 0.303 e. The molecule has 0 aliphatic carbocycles. The van der Waals surface area contributed by atoms with E-state index in [0.717, 1.165) is 19.5 Å². The molecule has 0 rings (SSSR count). The first-order chi connectivity index (χ1) is 4.66. The quantitative estimate of drug-likeness (QED) is 0.401. The lowest BCUT2D eigenvalue weighted by molar-refractivity contribution is -0.108. The van der Waals surface area contributed by atoms with Gasteiger partial charge in [0.25, 0.3) is 0 Å². The highest BCUT2D eigenvalue weighted by Gasteiger charge is 1.96. The van der Waals surface area contributed by atoms with Crippen LogP contribution in [0.2, 0.25) is 0 Å². The summed E-state index contributed by atoms with van der Waals surface area (Å²) in [5.41, 5.74) is 0. The fourth-order valence-electron chi connectivity index (χ4n) is 0.827. The van der Waals surface area contributed by atoms with E-state index < -0.39 is 0 Å². The number of nitrogens with zero attached hydrogens (tertiary/aromatic N) is 2. The molecule has 0 aromatic rings. The van der Waals surface area contributed by atoms with Crippen LogP contribution >= 0.6 is 0 Å². The summed E-state index contributed by atoms with van der Waals surface area (Å²) >= 11 is 0. The zero-order valence-electron chi connectivity index (χ0n) is 7.00. The maximum absolute atomic E-state index is 9.95. The predicted molar refractivity (Wildman–Crippen MR) is 41.9 cm³/mol. The zero-order chi connectivity index (χ0) is 7.98. The molecule has 0 bridgehead atoms. The summed E-state index contributed by atoms with van der Waals surface area (Å²) in [7, 11) is 6.03. The lowest BCUT2D eigenvalue weighted by atomic mass is 10.4. The maximum Gasteiger partial charge on any atom is 0.121 e. The van der Waals surface area contributed by atoms with Gasteiger partial charge in [-0.15, -0.1) is 0 Å². The molecule has 60 valence electrons.